The van der Waals surface area contributed by atoms with Crippen LogP contribution in [0.2, 0.25) is 0 Å². The van der Waals surface area contributed by atoms with Crippen LogP contribution in [0.25, 0.3) is 5.65 Å². The molecule has 0 radical (unpaired) electrons. The van der Waals surface area contributed by atoms with Crippen LogP contribution in [0.3, 0.4) is 0 Å². The summed E-state index contributed by atoms with van der Waals surface area (Å²) >= 11 is 0. The first kappa shape index (κ1) is 17.2. The number of benzene rings is 1. The van der Waals surface area contributed by atoms with E-state index in [-0.39, 0.29) is 11.9 Å². The number of aromatic nitrogens is 3. The van der Waals surface area contributed by atoms with Gasteiger partial charge in [-0.15, -0.1) is 0 Å². The van der Waals surface area contributed by atoms with Crippen molar-refractivity contribution in [2.45, 2.75) is 32.2 Å². The van der Waals surface area contributed by atoms with Crippen LogP contribution in [0.1, 0.15) is 22.4 Å². The Labute approximate surface area is 168 Å². The van der Waals surface area contributed by atoms with Gasteiger partial charge in [-0.3, -0.25) is 0 Å². The predicted octanol–water partition coefficient (Wildman–Crippen LogP) is 2.30. The highest BCUT2D eigenvalue weighted by Crippen LogP contribution is 2.41. The second-order valence-corrected chi connectivity index (χ2v) is 8.39. The monoisotopic (exact) mass is 393 g/mol. The molecule has 7 heteroatoms. The van der Waals surface area contributed by atoms with Crippen molar-refractivity contribution in [3.8, 4) is 5.75 Å². The van der Waals surface area contributed by atoms with Crippen LogP contribution in [0.15, 0.2) is 24.4 Å². The van der Waals surface area contributed by atoms with E-state index in [2.05, 4.69) is 15.3 Å². The zero-order chi connectivity index (χ0) is 19.5. The van der Waals surface area contributed by atoms with E-state index in [1.807, 2.05) is 28.9 Å². The summed E-state index contributed by atoms with van der Waals surface area (Å²) in [7, 11) is 0. The van der Waals surface area contributed by atoms with Crippen molar-refractivity contribution in [1.29, 1.82) is 0 Å². The van der Waals surface area contributed by atoms with Crippen molar-refractivity contribution in [2.75, 3.05) is 31.1 Å². The fourth-order valence-corrected chi connectivity index (χ4v) is 5.05. The van der Waals surface area contributed by atoms with Gasteiger partial charge in [-0.25, -0.2) is 9.37 Å². The van der Waals surface area contributed by atoms with Crippen molar-refractivity contribution in [3.63, 3.8) is 0 Å². The van der Waals surface area contributed by atoms with Crippen LogP contribution >= 0.6 is 0 Å². The maximum atomic E-state index is 14.6. The molecule has 150 valence electrons. The number of nitrogens with one attached hydrogen (secondary N) is 1. The van der Waals surface area contributed by atoms with Gasteiger partial charge in [-0.2, -0.15) is 9.61 Å². The third kappa shape index (κ3) is 2.56. The Kier molecular flexibility index (Phi) is 3.81. The minimum Gasteiger partial charge on any atom is -0.490 e. The van der Waals surface area contributed by atoms with Crippen LogP contribution in [-0.2, 0) is 19.3 Å². The van der Waals surface area contributed by atoms with E-state index in [1.165, 1.54) is 11.3 Å². The highest BCUT2D eigenvalue weighted by molar-refractivity contribution is 5.60. The lowest BCUT2D eigenvalue weighted by Crippen LogP contribution is -2.59. The molecule has 5 heterocycles. The van der Waals surface area contributed by atoms with E-state index in [9.17, 15) is 4.39 Å². The minimum atomic E-state index is -0.214. The van der Waals surface area contributed by atoms with Crippen LogP contribution in [0, 0.1) is 18.7 Å². The number of fused-ring (bicyclic) bond motifs is 4. The Morgan fingerprint density at radius 3 is 3.03 bits per heavy atom. The van der Waals surface area contributed by atoms with Crippen molar-refractivity contribution < 1.29 is 9.13 Å². The van der Waals surface area contributed by atoms with Gasteiger partial charge < -0.3 is 15.0 Å². The van der Waals surface area contributed by atoms with Gasteiger partial charge in [-0.05, 0) is 37.4 Å². The second-order valence-electron chi connectivity index (χ2n) is 8.39. The molecule has 1 N–H and O–H groups in total. The van der Waals surface area contributed by atoms with Gasteiger partial charge in [0.05, 0.1) is 18.5 Å². The van der Waals surface area contributed by atoms with Gasteiger partial charge in [0.15, 0.2) is 17.2 Å². The van der Waals surface area contributed by atoms with E-state index in [4.69, 9.17) is 9.72 Å². The largest absolute Gasteiger partial charge is 0.490 e. The predicted molar refractivity (Wildman–Crippen MR) is 108 cm³/mol. The molecular formula is C22H24FN5O. The summed E-state index contributed by atoms with van der Waals surface area (Å²) in [5.74, 6) is 1.78. The molecule has 1 fully saturated rings. The number of halogens is 1. The van der Waals surface area contributed by atoms with Gasteiger partial charge in [-0.1, -0.05) is 12.1 Å². The number of hydrogen-bond donors (Lipinski definition) is 1. The van der Waals surface area contributed by atoms with E-state index in [0.29, 0.717) is 23.8 Å². The molecular weight excluding hydrogens is 369 g/mol. The third-order valence-corrected chi connectivity index (χ3v) is 6.67. The Balaban J connectivity index is 1.44. The fourth-order valence-electron chi connectivity index (χ4n) is 5.05. The van der Waals surface area contributed by atoms with Crippen LogP contribution in [0.5, 0.6) is 5.75 Å². The van der Waals surface area contributed by atoms with Gasteiger partial charge in [0.1, 0.15) is 5.82 Å². The van der Waals surface area contributed by atoms with Gasteiger partial charge in [0, 0.05) is 43.1 Å². The molecule has 29 heavy (non-hydrogen) atoms. The first-order valence-electron chi connectivity index (χ1n) is 10.4. The molecule has 0 amide bonds. The summed E-state index contributed by atoms with van der Waals surface area (Å²) in [5, 5.41) is 8.08. The standard InChI is InChI=1S/C22H24FN5O/c1-13-2-3-14-10-18-15(12-29-21(14)20(13)23)11-27(18)22-16-4-7-24-8-5-17(16)26-19-6-9-25-28(19)22/h2-3,6,9,15,18,24H,4-5,7-8,10-12H2,1H3. The molecule has 3 aromatic rings. The SMILES string of the molecule is Cc1ccc2c(c1F)OCC1CN(c3c4c(nc5ccnn35)CCNCC4)C1C2. The van der Waals surface area contributed by atoms with Gasteiger partial charge >= 0.3 is 0 Å². The lowest BCUT2D eigenvalue weighted by Gasteiger charge is -2.49. The summed E-state index contributed by atoms with van der Waals surface area (Å²) in [6.07, 6.45) is 4.49. The van der Waals surface area contributed by atoms with Crippen molar-refractivity contribution in [1.82, 2.24) is 19.9 Å². The Bertz CT molecular complexity index is 1110. The fraction of sp³-hybridized carbons (Fsp3) is 0.455. The Hall–Kier alpha value is -2.67. The number of ether oxygens (including phenoxy) is 1. The molecule has 3 aliphatic rings. The van der Waals surface area contributed by atoms with Crippen LogP contribution < -0.4 is 15.0 Å². The zero-order valence-electron chi connectivity index (χ0n) is 16.5. The third-order valence-electron chi connectivity index (χ3n) is 6.67. The lowest BCUT2D eigenvalue weighted by molar-refractivity contribution is 0.183. The molecule has 2 atom stereocenters. The lowest BCUT2D eigenvalue weighted by atomic mass is 9.84. The topological polar surface area (TPSA) is 54.7 Å². The van der Waals surface area contributed by atoms with Crippen molar-refractivity contribution >= 4 is 11.5 Å². The molecule has 0 saturated carbocycles. The summed E-state index contributed by atoms with van der Waals surface area (Å²) in [6.45, 7) is 5.16. The molecule has 3 aliphatic heterocycles. The van der Waals surface area contributed by atoms with E-state index >= 15 is 0 Å². The van der Waals surface area contributed by atoms with Gasteiger partial charge in [0.2, 0.25) is 0 Å². The molecule has 2 unspecified atom stereocenters. The zero-order valence-corrected chi connectivity index (χ0v) is 16.5. The van der Waals surface area contributed by atoms with Crippen molar-refractivity contribution in [3.05, 3.63) is 52.6 Å². The number of aryl methyl sites for hydroxylation is 1. The Morgan fingerprint density at radius 2 is 2.10 bits per heavy atom. The summed E-state index contributed by atoms with van der Waals surface area (Å²) in [6, 6.07) is 6.14. The quantitative estimate of drug-likeness (QED) is 0.688. The smallest absolute Gasteiger partial charge is 0.168 e. The summed E-state index contributed by atoms with van der Waals surface area (Å²) in [5.41, 5.74) is 4.97. The number of hydrogen-bond acceptors (Lipinski definition) is 5. The minimum absolute atomic E-state index is 0.214. The average Bonchev–Trinajstić information content (AvgIpc) is 2.97. The molecule has 1 saturated heterocycles. The van der Waals surface area contributed by atoms with Crippen LogP contribution in [-0.4, -0.2) is 46.9 Å². The number of anilines is 1. The first-order valence-corrected chi connectivity index (χ1v) is 10.4. The highest BCUT2D eigenvalue weighted by atomic mass is 19.1. The van der Waals surface area contributed by atoms with Crippen molar-refractivity contribution in [2.24, 2.45) is 5.92 Å². The molecule has 0 bridgehead atoms. The number of rotatable bonds is 1. The van der Waals surface area contributed by atoms with Gasteiger partial charge in [0.25, 0.3) is 0 Å². The first-order chi connectivity index (χ1) is 14.2. The molecule has 6 nitrogen and oxygen atoms in total. The molecule has 2 aromatic heterocycles. The Morgan fingerprint density at radius 1 is 1.21 bits per heavy atom. The molecule has 0 spiro atoms. The molecule has 6 rings (SSSR count). The average molecular weight is 393 g/mol. The second kappa shape index (κ2) is 6.42. The molecule has 0 aliphatic carbocycles. The summed E-state index contributed by atoms with van der Waals surface area (Å²) < 4.78 is 22.6. The highest BCUT2D eigenvalue weighted by Gasteiger charge is 2.44. The maximum Gasteiger partial charge on any atom is 0.168 e. The van der Waals surface area contributed by atoms with Crippen LogP contribution in [0.4, 0.5) is 10.2 Å². The van der Waals surface area contributed by atoms with E-state index in [0.717, 1.165) is 55.9 Å². The molecule has 1 aromatic carbocycles. The maximum absolute atomic E-state index is 14.6. The summed E-state index contributed by atoms with van der Waals surface area (Å²) in [4.78, 5) is 7.33. The van der Waals surface area contributed by atoms with E-state index < -0.39 is 0 Å². The normalized spacial score (nSPS) is 23.3. The van der Waals surface area contributed by atoms with E-state index in [1.54, 1.807) is 6.92 Å². The number of nitrogens with zero attached hydrogens (tertiary/aromatic N) is 4.